The quantitative estimate of drug-likeness (QED) is 0.777. The Morgan fingerprint density at radius 2 is 2.05 bits per heavy atom. The van der Waals surface area contributed by atoms with E-state index in [0.29, 0.717) is 12.5 Å². The molecule has 0 aliphatic carbocycles. The van der Waals surface area contributed by atoms with Crippen LogP contribution in [0.25, 0.3) is 0 Å². The molecular weight excluding hydrogens is 288 g/mol. The number of carbonyl (C=O) groups is 2. The number of hydrogen-bond donors (Lipinski definition) is 2. The number of hydrogen-bond acceptors (Lipinski definition) is 4. The number of aromatic nitrogens is 1. The van der Waals surface area contributed by atoms with Crippen LogP contribution in [0.2, 0.25) is 0 Å². The molecule has 0 aliphatic heterocycles. The van der Waals surface area contributed by atoms with Crippen molar-refractivity contribution in [3.63, 3.8) is 0 Å². The Morgan fingerprint density at radius 1 is 1.41 bits per heavy atom. The summed E-state index contributed by atoms with van der Waals surface area (Å²) in [5.74, 6) is -1.21. The number of aliphatic carboxylic acids is 1. The van der Waals surface area contributed by atoms with Gasteiger partial charge in [-0.3, -0.25) is 14.2 Å². The summed E-state index contributed by atoms with van der Waals surface area (Å²) in [4.78, 5) is 35.1. The van der Waals surface area contributed by atoms with Gasteiger partial charge < -0.3 is 15.2 Å². The normalized spacial score (nSPS) is 11.3. The summed E-state index contributed by atoms with van der Waals surface area (Å²) in [6.07, 6.45) is 1.38. The third-order valence-electron chi connectivity index (χ3n) is 3.10. The minimum atomic E-state index is -1.41. The summed E-state index contributed by atoms with van der Waals surface area (Å²) in [5.41, 5.74) is -2.00. The minimum absolute atomic E-state index is 0.0588. The second-order valence-electron chi connectivity index (χ2n) is 5.90. The fourth-order valence-electron chi connectivity index (χ4n) is 1.64. The molecule has 1 heterocycles. The SMILES string of the molecule is CC(C)CNC(=O)COc1cccn(C(C)(C)C(=O)O)c1=O. The van der Waals surface area contributed by atoms with Crippen molar-refractivity contribution in [1.82, 2.24) is 9.88 Å². The maximum Gasteiger partial charge on any atom is 0.329 e. The Morgan fingerprint density at radius 3 is 2.59 bits per heavy atom. The first kappa shape index (κ1) is 17.7. The van der Waals surface area contributed by atoms with Gasteiger partial charge in [0.2, 0.25) is 0 Å². The van der Waals surface area contributed by atoms with Crippen LogP contribution in [0, 0.1) is 5.92 Å². The summed E-state index contributed by atoms with van der Waals surface area (Å²) in [5, 5.41) is 11.9. The van der Waals surface area contributed by atoms with E-state index in [4.69, 9.17) is 4.74 Å². The van der Waals surface area contributed by atoms with Crippen LogP contribution in [0.3, 0.4) is 0 Å². The summed E-state index contributed by atoms with van der Waals surface area (Å²) < 4.78 is 6.27. The van der Waals surface area contributed by atoms with Crippen LogP contribution < -0.4 is 15.6 Å². The first-order valence-electron chi connectivity index (χ1n) is 7.01. The number of pyridine rings is 1. The summed E-state index contributed by atoms with van der Waals surface area (Å²) in [6, 6.07) is 2.92. The molecule has 0 radical (unpaired) electrons. The number of rotatable bonds is 7. The standard InChI is InChI=1S/C15H22N2O5/c1-10(2)8-16-12(18)9-22-11-6-5-7-17(13(11)19)15(3,4)14(20)21/h5-7,10H,8-9H2,1-4H3,(H,16,18)(H,20,21). The monoisotopic (exact) mass is 310 g/mol. The Hall–Kier alpha value is -2.31. The van der Waals surface area contributed by atoms with Crippen molar-refractivity contribution in [2.24, 2.45) is 5.92 Å². The fraction of sp³-hybridized carbons (Fsp3) is 0.533. The highest BCUT2D eigenvalue weighted by molar-refractivity contribution is 5.77. The highest BCUT2D eigenvalue weighted by atomic mass is 16.5. The Labute approximate surface area is 128 Å². The average Bonchev–Trinajstić information content (AvgIpc) is 2.43. The van der Waals surface area contributed by atoms with Crippen LogP contribution in [0.15, 0.2) is 23.1 Å². The van der Waals surface area contributed by atoms with E-state index in [-0.39, 0.29) is 18.3 Å². The molecule has 0 fully saturated rings. The van der Waals surface area contributed by atoms with E-state index in [9.17, 15) is 19.5 Å². The van der Waals surface area contributed by atoms with Crippen LogP contribution in [-0.2, 0) is 15.1 Å². The van der Waals surface area contributed by atoms with E-state index >= 15 is 0 Å². The molecule has 1 aromatic rings. The lowest BCUT2D eigenvalue weighted by atomic mass is 10.1. The highest BCUT2D eigenvalue weighted by Crippen LogP contribution is 2.14. The third kappa shape index (κ3) is 4.34. The smallest absolute Gasteiger partial charge is 0.329 e. The van der Waals surface area contributed by atoms with Gasteiger partial charge in [0.15, 0.2) is 12.4 Å². The van der Waals surface area contributed by atoms with Gasteiger partial charge in [-0.15, -0.1) is 0 Å². The second kappa shape index (κ2) is 7.11. The molecule has 0 aromatic carbocycles. The van der Waals surface area contributed by atoms with Crippen molar-refractivity contribution in [2.45, 2.75) is 33.2 Å². The first-order chi connectivity index (χ1) is 10.2. The molecule has 1 amide bonds. The summed E-state index contributed by atoms with van der Waals surface area (Å²) in [7, 11) is 0. The third-order valence-corrected chi connectivity index (χ3v) is 3.10. The molecular formula is C15H22N2O5. The predicted octanol–water partition coefficient (Wildman–Crippen LogP) is 0.819. The van der Waals surface area contributed by atoms with Crippen molar-refractivity contribution in [1.29, 1.82) is 0 Å². The van der Waals surface area contributed by atoms with E-state index in [1.807, 2.05) is 13.8 Å². The summed E-state index contributed by atoms with van der Waals surface area (Å²) >= 11 is 0. The second-order valence-corrected chi connectivity index (χ2v) is 5.90. The van der Waals surface area contributed by atoms with Crippen molar-refractivity contribution >= 4 is 11.9 Å². The van der Waals surface area contributed by atoms with Gasteiger partial charge in [-0.25, -0.2) is 4.79 Å². The minimum Gasteiger partial charge on any atom is -0.480 e. The lowest BCUT2D eigenvalue weighted by Gasteiger charge is -2.22. The van der Waals surface area contributed by atoms with Crippen molar-refractivity contribution in [3.8, 4) is 5.75 Å². The molecule has 2 N–H and O–H groups in total. The maximum atomic E-state index is 12.2. The van der Waals surface area contributed by atoms with E-state index in [1.54, 1.807) is 0 Å². The van der Waals surface area contributed by atoms with Gasteiger partial charge in [0, 0.05) is 12.7 Å². The van der Waals surface area contributed by atoms with Crippen LogP contribution in [0.5, 0.6) is 5.75 Å². The number of ether oxygens (including phenoxy) is 1. The van der Waals surface area contributed by atoms with Gasteiger partial charge in [0.25, 0.3) is 11.5 Å². The Bertz CT molecular complexity index is 604. The van der Waals surface area contributed by atoms with Gasteiger partial charge in [-0.2, -0.15) is 0 Å². The van der Waals surface area contributed by atoms with Crippen LogP contribution in [0.4, 0.5) is 0 Å². The molecule has 7 nitrogen and oxygen atoms in total. The van der Waals surface area contributed by atoms with Crippen LogP contribution >= 0.6 is 0 Å². The molecule has 0 saturated carbocycles. The lowest BCUT2D eigenvalue weighted by molar-refractivity contribution is -0.145. The highest BCUT2D eigenvalue weighted by Gasteiger charge is 2.30. The summed E-state index contributed by atoms with van der Waals surface area (Å²) in [6.45, 7) is 6.98. The number of carboxylic acids is 1. The number of nitrogens with one attached hydrogen (secondary N) is 1. The van der Waals surface area contributed by atoms with E-state index in [1.165, 1.54) is 32.2 Å². The zero-order chi connectivity index (χ0) is 16.9. The molecule has 0 aliphatic rings. The van der Waals surface area contributed by atoms with Gasteiger partial charge >= 0.3 is 5.97 Å². The van der Waals surface area contributed by atoms with Gasteiger partial charge in [-0.05, 0) is 31.9 Å². The number of carboxylic acid groups (broad SMARTS) is 1. The number of nitrogens with zero attached hydrogens (tertiary/aromatic N) is 1. The average molecular weight is 310 g/mol. The molecule has 0 bridgehead atoms. The molecule has 0 unspecified atom stereocenters. The largest absolute Gasteiger partial charge is 0.480 e. The molecule has 0 atom stereocenters. The molecule has 1 rings (SSSR count). The molecule has 0 saturated heterocycles. The zero-order valence-electron chi connectivity index (χ0n) is 13.3. The van der Waals surface area contributed by atoms with Gasteiger partial charge in [-0.1, -0.05) is 13.8 Å². The van der Waals surface area contributed by atoms with E-state index in [0.717, 1.165) is 4.57 Å². The maximum absolute atomic E-state index is 12.2. The van der Waals surface area contributed by atoms with Crippen LogP contribution in [0.1, 0.15) is 27.7 Å². The zero-order valence-corrected chi connectivity index (χ0v) is 13.3. The topological polar surface area (TPSA) is 97.6 Å². The van der Waals surface area contributed by atoms with Crippen LogP contribution in [-0.4, -0.2) is 34.7 Å². The predicted molar refractivity (Wildman–Crippen MR) is 81.0 cm³/mol. The van der Waals surface area contributed by atoms with Crippen molar-refractivity contribution in [3.05, 3.63) is 28.7 Å². The van der Waals surface area contributed by atoms with Crippen molar-refractivity contribution < 1.29 is 19.4 Å². The van der Waals surface area contributed by atoms with Crippen molar-refractivity contribution in [2.75, 3.05) is 13.2 Å². The van der Waals surface area contributed by atoms with E-state index in [2.05, 4.69) is 5.32 Å². The van der Waals surface area contributed by atoms with E-state index < -0.39 is 17.1 Å². The Balaban J connectivity index is 2.84. The van der Waals surface area contributed by atoms with Gasteiger partial charge in [0.05, 0.1) is 0 Å². The van der Waals surface area contributed by atoms with Gasteiger partial charge in [0.1, 0.15) is 5.54 Å². The molecule has 22 heavy (non-hydrogen) atoms. The number of amides is 1. The molecule has 7 heteroatoms. The first-order valence-corrected chi connectivity index (χ1v) is 7.01. The fourth-order valence-corrected chi connectivity index (χ4v) is 1.64. The molecule has 0 spiro atoms. The number of carbonyl (C=O) groups excluding carboxylic acids is 1. The lowest BCUT2D eigenvalue weighted by Crippen LogP contribution is -2.42. The Kier molecular flexibility index (Phi) is 5.73. The molecule has 1 aromatic heterocycles. The molecule has 122 valence electrons.